The first kappa shape index (κ1) is 15.4. The lowest BCUT2D eigenvalue weighted by atomic mass is 9.77. The summed E-state index contributed by atoms with van der Waals surface area (Å²) in [5.41, 5.74) is 7.75. The van der Waals surface area contributed by atoms with E-state index in [2.05, 4.69) is 4.98 Å². The Balaban J connectivity index is 2.52. The Morgan fingerprint density at radius 3 is 2.71 bits per heavy atom. The minimum absolute atomic E-state index is 0.145. The number of rotatable bonds is 6. The molecule has 1 heterocycles. The lowest BCUT2D eigenvalue weighted by molar-refractivity contribution is -0.148. The average molecular weight is 286 g/mol. The van der Waals surface area contributed by atoms with Crippen LogP contribution in [0.1, 0.15) is 31.0 Å². The van der Waals surface area contributed by atoms with E-state index in [1.165, 1.54) is 0 Å². The Morgan fingerprint density at radius 1 is 1.38 bits per heavy atom. The molecule has 0 fully saturated rings. The predicted octanol–water partition coefficient (Wildman–Crippen LogP) is 2.92. The summed E-state index contributed by atoms with van der Waals surface area (Å²) in [4.78, 5) is 16.3. The molecule has 4 heteroatoms. The third-order valence-electron chi connectivity index (χ3n) is 4.03. The SMILES string of the molecule is CCCC(CN)(Cc1cc(C)nc2ccccc12)C(=O)O. The number of fused-ring (bicyclic) bond motifs is 1. The van der Waals surface area contributed by atoms with Gasteiger partial charge in [-0.3, -0.25) is 9.78 Å². The van der Waals surface area contributed by atoms with Crippen LogP contribution >= 0.6 is 0 Å². The van der Waals surface area contributed by atoms with Gasteiger partial charge in [-0.15, -0.1) is 0 Å². The Morgan fingerprint density at radius 2 is 2.10 bits per heavy atom. The van der Waals surface area contributed by atoms with Crippen LogP contribution in [0.5, 0.6) is 0 Å². The van der Waals surface area contributed by atoms with Crippen molar-refractivity contribution in [1.29, 1.82) is 0 Å². The van der Waals surface area contributed by atoms with Crippen LogP contribution < -0.4 is 5.73 Å². The van der Waals surface area contributed by atoms with Crippen molar-refractivity contribution in [1.82, 2.24) is 4.98 Å². The molecule has 0 amide bonds. The van der Waals surface area contributed by atoms with E-state index in [0.29, 0.717) is 12.8 Å². The van der Waals surface area contributed by atoms with Crippen LogP contribution in [0.4, 0.5) is 0 Å². The second-order valence-corrected chi connectivity index (χ2v) is 5.66. The van der Waals surface area contributed by atoms with Crippen LogP contribution in [-0.4, -0.2) is 22.6 Å². The molecule has 2 aromatic rings. The number of hydrogen-bond donors (Lipinski definition) is 2. The molecular weight excluding hydrogens is 264 g/mol. The maximum Gasteiger partial charge on any atom is 0.311 e. The first-order valence-electron chi connectivity index (χ1n) is 7.31. The molecule has 112 valence electrons. The summed E-state index contributed by atoms with van der Waals surface area (Å²) >= 11 is 0. The maximum atomic E-state index is 11.8. The standard InChI is InChI=1S/C17H22N2O2/c1-3-8-17(11-18,16(20)21)10-13-9-12(2)19-15-7-5-4-6-14(13)15/h4-7,9H,3,8,10-11,18H2,1-2H3,(H,20,21). The number of pyridine rings is 1. The lowest BCUT2D eigenvalue weighted by Crippen LogP contribution is -2.40. The summed E-state index contributed by atoms with van der Waals surface area (Å²) in [5, 5.41) is 10.7. The molecule has 0 saturated heterocycles. The Hall–Kier alpha value is -1.94. The summed E-state index contributed by atoms with van der Waals surface area (Å²) in [6.45, 7) is 4.07. The van der Waals surface area contributed by atoms with Crippen LogP contribution in [0, 0.1) is 12.3 Å². The Bertz CT molecular complexity index is 654. The zero-order chi connectivity index (χ0) is 15.5. The number of hydrogen-bond acceptors (Lipinski definition) is 3. The number of nitrogens with zero attached hydrogens (tertiary/aromatic N) is 1. The van der Waals surface area contributed by atoms with Crippen LogP contribution in [0.15, 0.2) is 30.3 Å². The van der Waals surface area contributed by atoms with E-state index >= 15 is 0 Å². The molecule has 21 heavy (non-hydrogen) atoms. The van der Waals surface area contributed by atoms with Gasteiger partial charge in [0.25, 0.3) is 0 Å². The van der Waals surface area contributed by atoms with E-state index in [4.69, 9.17) is 5.73 Å². The van der Waals surface area contributed by atoms with Crippen LogP contribution in [0.3, 0.4) is 0 Å². The van der Waals surface area contributed by atoms with Crippen molar-refractivity contribution in [2.45, 2.75) is 33.1 Å². The summed E-state index contributed by atoms with van der Waals surface area (Å²) < 4.78 is 0. The minimum Gasteiger partial charge on any atom is -0.481 e. The fourth-order valence-electron chi connectivity index (χ4n) is 2.92. The molecular formula is C17H22N2O2. The van der Waals surface area contributed by atoms with Gasteiger partial charge in [0.15, 0.2) is 0 Å². The Labute approximate surface area is 125 Å². The van der Waals surface area contributed by atoms with Crippen LogP contribution in [-0.2, 0) is 11.2 Å². The normalized spacial score (nSPS) is 14.0. The van der Waals surface area contributed by atoms with Crippen LogP contribution in [0.2, 0.25) is 0 Å². The summed E-state index contributed by atoms with van der Waals surface area (Å²) in [7, 11) is 0. The molecule has 3 N–H and O–H groups in total. The molecule has 1 atom stereocenters. The van der Waals surface area contributed by atoms with Gasteiger partial charge >= 0.3 is 5.97 Å². The zero-order valence-electron chi connectivity index (χ0n) is 12.6. The molecule has 1 unspecified atom stereocenters. The second kappa shape index (κ2) is 6.22. The molecule has 0 bridgehead atoms. The molecule has 1 aromatic heterocycles. The van der Waals surface area contributed by atoms with Crippen molar-refractivity contribution in [3.8, 4) is 0 Å². The van der Waals surface area contributed by atoms with Gasteiger partial charge in [0, 0.05) is 17.6 Å². The minimum atomic E-state index is -0.898. The molecule has 2 rings (SSSR count). The molecule has 0 radical (unpaired) electrons. The van der Waals surface area contributed by atoms with Gasteiger partial charge in [0.1, 0.15) is 0 Å². The van der Waals surface area contributed by atoms with E-state index in [9.17, 15) is 9.90 Å². The van der Waals surface area contributed by atoms with Gasteiger partial charge in [-0.1, -0.05) is 31.5 Å². The number of aryl methyl sites for hydroxylation is 1. The van der Waals surface area contributed by atoms with Crippen molar-refractivity contribution in [2.75, 3.05) is 6.54 Å². The van der Waals surface area contributed by atoms with Gasteiger partial charge < -0.3 is 10.8 Å². The molecule has 0 aliphatic carbocycles. The molecule has 0 aliphatic rings. The predicted molar refractivity (Wildman–Crippen MR) is 84.2 cm³/mol. The van der Waals surface area contributed by atoms with Crippen LogP contribution in [0.25, 0.3) is 10.9 Å². The number of carbonyl (C=O) groups is 1. The maximum absolute atomic E-state index is 11.8. The lowest BCUT2D eigenvalue weighted by Gasteiger charge is -2.28. The highest BCUT2D eigenvalue weighted by atomic mass is 16.4. The van der Waals surface area contributed by atoms with Gasteiger partial charge in [0.05, 0.1) is 10.9 Å². The van der Waals surface area contributed by atoms with E-state index < -0.39 is 11.4 Å². The molecule has 0 aliphatic heterocycles. The quantitative estimate of drug-likeness (QED) is 0.856. The third kappa shape index (κ3) is 3.05. The number of para-hydroxylation sites is 1. The highest BCUT2D eigenvalue weighted by Crippen LogP contribution is 2.31. The van der Waals surface area contributed by atoms with Crippen molar-refractivity contribution < 1.29 is 9.90 Å². The molecule has 1 aromatic carbocycles. The summed E-state index contributed by atoms with van der Waals surface area (Å²) in [5.74, 6) is -0.814. The van der Waals surface area contributed by atoms with Crippen molar-refractivity contribution in [3.05, 3.63) is 41.6 Å². The van der Waals surface area contributed by atoms with E-state index in [1.807, 2.05) is 44.2 Å². The molecule has 0 spiro atoms. The van der Waals surface area contributed by atoms with Gasteiger partial charge in [-0.25, -0.2) is 0 Å². The number of aromatic nitrogens is 1. The smallest absolute Gasteiger partial charge is 0.311 e. The number of benzene rings is 1. The van der Waals surface area contributed by atoms with Crippen molar-refractivity contribution in [2.24, 2.45) is 11.1 Å². The average Bonchev–Trinajstić information content (AvgIpc) is 2.46. The van der Waals surface area contributed by atoms with E-state index in [0.717, 1.165) is 28.6 Å². The third-order valence-corrected chi connectivity index (χ3v) is 4.03. The zero-order valence-corrected chi connectivity index (χ0v) is 12.6. The van der Waals surface area contributed by atoms with Gasteiger partial charge in [-0.05, 0) is 37.5 Å². The first-order chi connectivity index (χ1) is 10.0. The fourth-order valence-corrected chi connectivity index (χ4v) is 2.92. The Kier molecular flexibility index (Phi) is 4.58. The number of carboxylic acid groups (broad SMARTS) is 1. The summed E-state index contributed by atoms with van der Waals surface area (Å²) in [6, 6.07) is 9.82. The van der Waals surface area contributed by atoms with E-state index in [-0.39, 0.29) is 6.54 Å². The molecule has 4 nitrogen and oxygen atoms in total. The first-order valence-corrected chi connectivity index (χ1v) is 7.31. The highest BCUT2D eigenvalue weighted by molar-refractivity contribution is 5.84. The largest absolute Gasteiger partial charge is 0.481 e. The highest BCUT2D eigenvalue weighted by Gasteiger charge is 2.36. The van der Waals surface area contributed by atoms with Gasteiger partial charge in [0.2, 0.25) is 0 Å². The van der Waals surface area contributed by atoms with E-state index in [1.54, 1.807) is 0 Å². The fraction of sp³-hybridized carbons (Fsp3) is 0.412. The topological polar surface area (TPSA) is 76.2 Å². The van der Waals surface area contributed by atoms with Gasteiger partial charge in [-0.2, -0.15) is 0 Å². The summed E-state index contributed by atoms with van der Waals surface area (Å²) in [6.07, 6.45) is 1.82. The monoisotopic (exact) mass is 286 g/mol. The van der Waals surface area contributed by atoms with Crippen molar-refractivity contribution in [3.63, 3.8) is 0 Å². The number of carboxylic acids is 1. The number of aliphatic carboxylic acids is 1. The number of nitrogens with two attached hydrogens (primary N) is 1. The second-order valence-electron chi connectivity index (χ2n) is 5.66. The van der Waals surface area contributed by atoms with Crippen molar-refractivity contribution >= 4 is 16.9 Å². The molecule has 0 saturated carbocycles.